The first-order valence-corrected chi connectivity index (χ1v) is 16.6. The van der Waals surface area contributed by atoms with E-state index in [1.165, 1.54) is 33.4 Å². The zero-order chi connectivity index (χ0) is 25.6. The second-order valence-corrected chi connectivity index (χ2v) is 15.6. The molecule has 0 heterocycles. The van der Waals surface area contributed by atoms with Crippen molar-refractivity contribution >= 4 is 8.07 Å². The highest BCUT2D eigenvalue weighted by atomic mass is 28.3. The van der Waals surface area contributed by atoms with Gasteiger partial charge in [-0.25, -0.2) is 0 Å². The molecule has 0 aromatic heterocycles. The first-order chi connectivity index (χ1) is 18.0. The fourth-order valence-corrected chi connectivity index (χ4v) is 11.7. The van der Waals surface area contributed by atoms with Crippen LogP contribution in [0.1, 0.15) is 36.8 Å². The predicted octanol–water partition coefficient (Wildman–Crippen LogP) is 9.34. The molecule has 0 bridgehead atoms. The van der Waals surface area contributed by atoms with Gasteiger partial charge in [0.05, 0.1) is 0 Å². The number of fused-ring (bicyclic) bond motifs is 2. The molecule has 4 atom stereocenters. The summed E-state index contributed by atoms with van der Waals surface area (Å²) in [7, 11) is -2.02. The summed E-state index contributed by atoms with van der Waals surface area (Å²) in [6, 6.07) is 22.1. The van der Waals surface area contributed by atoms with E-state index in [-0.39, 0.29) is 0 Å². The lowest BCUT2D eigenvalue weighted by molar-refractivity contribution is 0.692. The second kappa shape index (κ2) is 9.47. The highest BCUT2D eigenvalue weighted by molar-refractivity contribution is 6.92. The summed E-state index contributed by atoms with van der Waals surface area (Å²) in [5.41, 5.74) is 8.84. The van der Waals surface area contributed by atoms with Crippen molar-refractivity contribution in [3.05, 3.63) is 165 Å². The van der Waals surface area contributed by atoms with Gasteiger partial charge >= 0.3 is 0 Å². The largest absolute Gasteiger partial charge is 0.113 e. The molecule has 4 aliphatic carbocycles. The Morgan fingerprint density at radius 3 is 1.32 bits per heavy atom. The Morgan fingerprint density at radius 1 is 0.514 bits per heavy atom. The van der Waals surface area contributed by atoms with Crippen LogP contribution in [0.4, 0.5) is 0 Å². The molecule has 0 nitrogen and oxygen atoms in total. The van der Waals surface area contributed by atoms with Gasteiger partial charge in [0.1, 0.15) is 8.07 Å². The third-order valence-corrected chi connectivity index (χ3v) is 12.6. The number of rotatable bonds is 4. The van der Waals surface area contributed by atoms with Gasteiger partial charge in [-0.05, 0) is 46.5 Å². The van der Waals surface area contributed by atoms with E-state index >= 15 is 0 Å². The maximum Gasteiger partial charge on any atom is 0.113 e. The van der Waals surface area contributed by atoms with Crippen LogP contribution in [0.25, 0.3) is 0 Å². The van der Waals surface area contributed by atoms with Gasteiger partial charge in [0.15, 0.2) is 0 Å². The van der Waals surface area contributed by atoms with Crippen LogP contribution >= 0.6 is 0 Å². The molecular formula is C36H36Si. The summed E-state index contributed by atoms with van der Waals surface area (Å²) < 4.78 is 0. The van der Waals surface area contributed by atoms with Crippen LogP contribution in [0.3, 0.4) is 0 Å². The van der Waals surface area contributed by atoms with Crippen LogP contribution < -0.4 is 0 Å². The first-order valence-electron chi connectivity index (χ1n) is 13.6. The van der Waals surface area contributed by atoms with Crippen molar-refractivity contribution < 1.29 is 0 Å². The predicted molar refractivity (Wildman–Crippen MR) is 161 cm³/mol. The van der Waals surface area contributed by atoms with Crippen molar-refractivity contribution in [3.8, 4) is 0 Å². The highest BCUT2D eigenvalue weighted by Crippen LogP contribution is 2.51. The standard InChI is InChI=1S/C36H36Si/c1-25-23-33-29(27-15-7-5-8-16-27)19-11-13-21-31(33)35(25)37(3,4)36-26(2)24-34-30(20-12-14-22-32(34)36)28-17-9-6-10-18-28/h5-24,29-30,33-34H,1-4H3. The molecule has 0 aliphatic heterocycles. The van der Waals surface area contributed by atoms with Gasteiger partial charge in [-0.1, -0.05) is 146 Å². The average Bonchev–Trinajstić information content (AvgIpc) is 3.23. The Bertz CT molecular complexity index is 1340. The lowest BCUT2D eigenvalue weighted by Gasteiger charge is -2.32. The van der Waals surface area contributed by atoms with Crippen molar-refractivity contribution in [3.63, 3.8) is 0 Å². The third kappa shape index (κ3) is 4.06. The van der Waals surface area contributed by atoms with Crippen molar-refractivity contribution in [1.82, 2.24) is 0 Å². The Morgan fingerprint density at radius 2 is 0.919 bits per heavy atom. The number of allylic oxidation sites excluding steroid dienone is 16. The molecule has 0 N–H and O–H groups in total. The van der Waals surface area contributed by atoms with Crippen LogP contribution in [0, 0.1) is 11.8 Å². The number of benzene rings is 2. The molecule has 6 rings (SSSR count). The molecule has 0 spiro atoms. The third-order valence-electron chi connectivity index (χ3n) is 8.75. The Labute approximate surface area is 223 Å². The molecule has 0 amide bonds. The van der Waals surface area contributed by atoms with Crippen LogP contribution in [-0.4, -0.2) is 8.07 Å². The van der Waals surface area contributed by atoms with Crippen LogP contribution in [-0.2, 0) is 0 Å². The SMILES string of the molecule is CC1=CC2C(=C1[Si](C)(C)C1=C3C=CC=CC(c4ccccc4)C3C=C1C)C=CC=CC2c1ccccc1. The molecule has 0 saturated carbocycles. The van der Waals surface area contributed by atoms with E-state index in [4.69, 9.17) is 0 Å². The highest BCUT2D eigenvalue weighted by Gasteiger charge is 2.44. The van der Waals surface area contributed by atoms with Crippen LogP contribution in [0.15, 0.2) is 154 Å². The molecule has 1 heteroatoms. The summed E-state index contributed by atoms with van der Waals surface area (Å²) in [5.74, 6) is 1.54. The zero-order valence-corrected chi connectivity index (χ0v) is 23.4. The molecule has 0 saturated heterocycles. The monoisotopic (exact) mass is 496 g/mol. The zero-order valence-electron chi connectivity index (χ0n) is 22.4. The minimum absolute atomic E-state index is 0.374. The van der Waals surface area contributed by atoms with Crippen molar-refractivity contribution in [1.29, 1.82) is 0 Å². The Kier molecular flexibility index (Phi) is 6.13. The van der Waals surface area contributed by atoms with Gasteiger partial charge in [-0.3, -0.25) is 0 Å². The topological polar surface area (TPSA) is 0 Å². The maximum atomic E-state index is 2.59. The molecule has 37 heavy (non-hydrogen) atoms. The average molecular weight is 497 g/mol. The van der Waals surface area contributed by atoms with E-state index in [9.17, 15) is 0 Å². The van der Waals surface area contributed by atoms with E-state index in [2.05, 4.69) is 148 Å². The van der Waals surface area contributed by atoms with Crippen LogP contribution in [0.5, 0.6) is 0 Å². The van der Waals surface area contributed by atoms with E-state index < -0.39 is 8.07 Å². The van der Waals surface area contributed by atoms with E-state index in [0.717, 1.165) is 0 Å². The molecule has 0 radical (unpaired) electrons. The van der Waals surface area contributed by atoms with Crippen molar-refractivity contribution in [2.24, 2.45) is 11.8 Å². The quantitative estimate of drug-likeness (QED) is 0.370. The molecule has 4 aliphatic rings. The van der Waals surface area contributed by atoms with Gasteiger partial charge in [-0.15, -0.1) is 0 Å². The molecule has 0 fully saturated rings. The second-order valence-electron chi connectivity index (χ2n) is 11.4. The Hall–Kier alpha value is -3.42. The van der Waals surface area contributed by atoms with Gasteiger partial charge in [0.25, 0.3) is 0 Å². The summed E-state index contributed by atoms with van der Waals surface area (Å²) in [4.78, 5) is 0. The van der Waals surface area contributed by atoms with Crippen molar-refractivity contribution in [2.45, 2.75) is 38.8 Å². The van der Waals surface area contributed by atoms with Gasteiger partial charge in [-0.2, -0.15) is 0 Å². The molecular weight excluding hydrogens is 460 g/mol. The summed E-state index contributed by atoms with van der Waals surface area (Å²) in [6.45, 7) is 9.90. The van der Waals surface area contributed by atoms with Gasteiger partial charge in [0.2, 0.25) is 0 Å². The fraction of sp³-hybridized carbons (Fsp3) is 0.222. The smallest absolute Gasteiger partial charge is 0.0761 e. The van der Waals surface area contributed by atoms with Crippen molar-refractivity contribution in [2.75, 3.05) is 0 Å². The molecule has 2 aromatic carbocycles. The lowest BCUT2D eigenvalue weighted by Crippen LogP contribution is -2.35. The minimum Gasteiger partial charge on any atom is -0.0761 e. The van der Waals surface area contributed by atoms with Gasteiger partial charge in [0, 0.05) is 23.7 Å². The number of hydrogen-bond donors (Lipinski definition) is 0. The summed E-state index contributed by atoms with van der Waals surface area (Å²) in [5, 5.41) is 3.27. The molecule has 2 aromatic rings. The van der Waals surface area contributed by atoms with E-state index in [0.29, 0.717) is 23.7 Å². The van der Waals surface area contributed by atoms with E-state index in [1.54, 1.807) is 10.4 Å². The lowest BCUT2D eigenvalue weighted by atomic mass is 9.83. The molecule has 184 valence electrons. The fourth-order valence-electron chi connectivity index (χ4n) is 7.40. The number of hydrogen-bond acceptors (Lipinski definition) is 0. The van der Waals surface area contributed by atoms with Gasteiger partial charge < -0.3 is 0 Å². The van der Waals surface area contributed by atoms with E-state index in [1.807, 2.05) is 0 Å². The van der Waals surface area contributed by atoms with Crippen LogP contribution in [0.2, 0.25) is 13.1 Å². The maximum absolute atomic E-state index is 2.59. The normalized spacial score (nSPS) is 26.6. The molecule has 4 unspecified atom stereocenters. The summed E-state index contributed by atoms with van der Waals surface area (Å²) >= 11 is 0. The first kappa shape index (κ1) is 23.9. The summed E-state index contributed by atoms with van der Waals surface area (Å²) in [6.07, 6.45) is 23.8. The minimum atomic E-state index is -2.02. The Balaban J connectivity index is 1.47.